The molecule has 1 atom stereocenters. The first-order chi connectivity index (χ1) is 15.0. The molecule has 1 N–H and O–H groups in total. The summed E-state index contributed by atoms with van der Waals surface area (Å²) in [4.78, 5) is 29.0. The fourth-order valence-corrected chi connectivity index (χ4v) is 5.66. The van der Waals surface area contributed by atoms with Gasteiger partial charge in [0.25, 0.3) is 0 Å². The van der Waals surface area contributed by atoms with Crippen molar-refractivity contribution in [2.75, 3.05) is 35.0 Å². The van der Waals surface area contributed by atoms with Crippen LogP contribution in [-0.4, -0.2) is 31.7 Å². The first-order valence-corrected chi connectivity index (χ1v) is 12.2. The summed E-state index contributed by atoms with van der Waals surface area (Å²) in [6.07, 6.45) is 6.70. The van der Waals surface area contributed by atoms with E-state index in [4.69, 9.17) is 0 Å². The third kappa shape index (κ3) is 5.24. The van der Waals surface area contributed by atoms with Gasteiger partial charge in [-0.15, -0.1) is 11.8 Å². The summed E-state index contributed by atoms with van der Waals surface area (Å²) in [7, 11) is 4.00. The molecule has 0 aromatic heterocycles. The number of benzene rings is 2. The average Bonchev–Trinajstić information content (AvgIpc) is 3.42. The van der Waals surface area contributed by atoms with Gasteiger partial charge in [-0.25, -0.2) is 0 Å². The minimum atomic E-state index is -0.0898. The van der Waals surface area contributed by atoms with Crippen LogP contribution in [0.15, 0.2) is 48.5 Å². The lowest BCUT2D eigenvalue weighted by Gasteiger charge is -2.25. The van der Waals surface area contributed by atoms with Crippen LogP contribution in [-0.2, 0) is 9.59 Å². The molecule has 1 heterocycles. The Morgan fingerprint density at radius 3 is 2.58 bits per heavy atom. The summed E-state index contributed by atoms with van der Waals surface area (Å²) < 4.78 is 0. The van der Waals surface area contributed by atoms with E-state index in [-0.39, 0.29) is 17.2 Å². The first-order valence-electron chi connectivity index (χ1n) is 11.1. The summed E-state index contributed by atoms with van der Waals surface area (Å²) >= 11 is 1.62. The standard InChI is InChI=1S/C25H31N3O2S/c1-27(2)21-11-13-22(14-12-21)28-24(30)17-31-25(28)19-8-5-9-20(16-19)26-23(29)15-10-18-6-3-4-7-18/h5,8-9,11-14,16,18,25H,3-4,6-7,10,15,17H2,1-2H3,(H,26,29)/t25-/m0/s1. The Morgan fingerprint density at radius 2 is 1.87 bits per heavy atom. The van der Waals surface area contributed by atoms with Crippen molar-refractivity contribution < 1.29 is 9.59 Å². The van der Waals surface area contributed by atoms with Gasteiger partial charge in [-0.05, 0) is 54.3 Å². The molecular formula is C25H31N3O2S. The van der Waals surface area contributed by atoms with Crippen molar-refractivity contribution in [1.29, 1.82) is 0 Å². The monoisotopic (exact) mass is 437 g/mol. The number of hydrogen-bond acceptors (Lipinski definition) is 4. The van der Waals surface area contributed by atoms with Crippen LogP contribution < -0.4 is 15.1 Å². The Hall–Kier alpha value is -2.47. The van der Waals surface area contributed by atoms with E-state index in [1.807, 2.05) is 72.4 Å². The van der Waals surface area contributed by atoms with E-state index in [1.165, 1.54) is 25.7 Å². The van der Waals surface area contributed by atoms with Crippen molar-refractivity contribution in [3.05, 3.63) is 54.1 Å². The van der Waals surface area contributed by atoms with Gasteiger partial charge in [0.15, 0.2) is 0 Å². The predicted molar refractivity (Wildman–Crippen MR) is 130 cm³/mol. The molecule has 164 valence electrons. The molecule has 5 nitrogen and oxygen atoms in total. The third-order valence-electron chi connectivity index (χ3n) is 6.22. The number of amides is 2. The van der Waals surface area contributed by atoms with Crippen LogP contribution in [0.5, 0.6) is 0 Å². The second-order valence-electron chi connectivity index (χ2n) is 8.70. The van der Waals surface area contributed by atoms with Gasteiger partial charge in [0.1, 0.15) is 5.37 Å². The van der Waals surface area contributed by atoms with E-state index in [1.54, 1.807) is 11.8 Å². The summed E-state index contributed by atoms with van der Waals surface area (Å²) in [5.41, 5.74) is 3.83. The van der Waals surface area contributed by atoms with Gasteiger partial charge in [0, 0.05) is 37.6 Å². The van der Waals surface area contributed by atoms with Crippen molar-refractivity contribution >= 4 is 40.6 Å². The molecular weight excluding hydrogens is 406 g/mol. The van der Waals surface area contributed by atoms with E-state index in [0.29, 0.717) is 18.1 Å². The van der Waals surface area contributed by atoms with E-state index in [2.05, 4.69) is 5.32 Å². The topological polar surface area (TPSA) is 52.6 Å². The Labute approximate surface area is 189 Å². The van der Waals surface area contributed by atoms with Crippen LogP contribution >= 0.6 is 11.8 Å². The van der Waals surface area contributed by atoms with Gasteiger partial charge in [-0.2, -0.15) is 0 Å². The normalized spacial score (nSPS) is 19.1. The number of rotatable bonds is 7. The summed E-state index contributed by atoms with van der Waals surface area (Å²) in [6.45, 7) is 0. The molecule has 2 aliphatic rings. The van der Waals surface area contributed by atoms with Crippen LogP contribution in [0.4, 0.5) is 17.1 Å². The Kier molecular flexibility index (Phi) is 6.86. The Bertz CT molecular complexity index is 923. The molecule has 1 aliphatic heterocycles. The molecule has 4 rings (SSSR count). The number of carbonyl (C=O) groups is 2. The molecule has 1 aliphatic carbocycles. The van der Waals surface area contributed by atoms with E-state index < -0.39 is 0 Å². The number of thioether (sulfide) groups is 1. The van der Waals surface area contributed by atoms with Crippen molar-refractivity contribution in [2.45, 2.75) is 43.9 Å². The van der Waals surface area contributed by atoms with Gasteiger partial charge in [0.05, 0.1) is 5.75 Å². The summed E-state index contributed by atoms with van der Waals surface area (Å²) in [5.74, 6) is 1.36. The lowest BCUT2D eigenvalue weighted by atomic mass is 10.0. The van der Waals surface area contributed by atoms with Gasteiger partial charge in [0.2, 0.25) is 11.8 Å². The molecule has 6 heteroatoms. The van der Waals surface area contributed by atoms with Gasteiger partial charge >= 0.3 is 0 Å². The fraction of sp³-hybridized carbons (Fsp3) is 0.440. The van der Waals surface area contributed by atoms with E-state index in [9.17, 15) is 9.59 Å². The lowest BCUT2D eigenvalue weighted by molar-refractivity contribution is -0.117. The highest BCUT2D eigenvalue weighted by molar-refractivity contribution is 8.00. The quantitative estimate of drug-likeness (QED) is 0.627. The van der Waals surface area contributed by atoms with Gasteiger partial charge in [-0.1, -0.05) is 37.8 Å². The summed E-state index contributed by atoms with van der Waals surface area (Å²) in [5, 5.41) is 2.97. The molecule has 1 saturated carbocycles. The van der Waals surface area contributed by atoms with Crippen LogP contribution in [0.25, 0.3) is 0 Å². The summed E-state index contributed by atoms with van der Waals surface area (Å²) in [6, 6.07) is 16.0. The number of nitrogens with one attached hydrogen (secondary N) is 1. The predicted octanol–water partition coefficient (Wildman–Crippen LogP) is 5.44. The number of hydrogen-bond donors (Lipinski definition) is 1. The molecule has 2 aromatic carbocycles. The zero-order valence-corrected chi connectivity index (χ0v) is 19.2. The molecule has 1 saturated heterocycles. The van der Waals surface area contributed by atoms with Crippen LogP contribution in [0.1, 0.15) is 49.5 Å². The number of anilines is 3. The molecule has 2 fully saturated rings. The second-order valence-corrected chi connectivity index (χ2v) is 9.77. The molecule has 0 radical (unpaired) electrons. The highest BCUT2D eigenvalue weighted by atomic mass is 32.2. The van der Waals surface area contributed by atoms with Crippen molar-refractivity contribution in [3.63, 3.8) is 0 Å². The SMILES string of the molecule is CN(C)c1ccc(N2C(=O)CS[C@H]2c2cccc(NC(=O)CCC3CCCC3)c2)cc1. The van der Waals surface area contributed by atoms with Crippen LogP contribution in [0.3, 0.4) is 0 Å². The van der Waals surface area contributed by atoms with E-state index >= 15 is 0 Å². The molecule has 0 bridgehead atoms. The molecule has 0 unspecified atom stereocenters. The minimum absolute atomic E-state index is 0.0790. The van der Waals surface area contributed by atoms with Crippen LogP contribution in [0, 0.1) is 5.92 Å². The Morgan fingerprint density at radius 1 is 1.13 bits per heavy atom. The average molecular weight is 438 g/mol. The zero-order chi connectivity index (χ0) is 21.8. The second kappa shape index (κ2) is 9.77. The number of nitrogens with zero attached hydrogens (tertiary/aromatic N) is 2. The number of carbonyl (C=O) groups excluding carboxylic acids is 2. The van der Waals surface area contributed by atoms with E-state index in [0.717, 1.165) is 29.0 Å². The maximum absolute atomic E-state index is 12.7. The fourth-order valence-electron chi connectivity index (χ4n) is 4.49. The van der Waals surface area contributed by atoms with Crippen molar-refractivity contribution in [2.24, 2.45) is 5.92 Å². The maximum atomic E-state index is 12.7. The van der Waals surface area contributed by atoms with Crippen molar-refractivity contribution in [1.82, 2.24) is 0 Å². The molecule has 31 heavy (non-hydrogen) atoms. The highest BCUT2D eigenvalue weighted by Gasteiger charge is 2.34. The largest absolute Gasteiger partial charge is 0.378 e. The zero-order valence-electron chi connectivity index (χ0n) is 18.3. The molecule has 2 amide bonds. The Balaban J connectivity index is 1.45. The minimum Gasteiger partial charge on any atom is -0.378 e. The van der Waals surface area contributed by atoms with Crippen LogP contribution in [0.2, 0.25) is 0 Å². The van der Waals surface area contributed by atoms with Gasteiger partial charge in [-0.3, -0.25) is 14.5 Å². The molecule has 0 spiro atoms. The third-order valence-corrected chi connectivity index (χ3v) is 7.43. The lowest BCUT2D eigenvalue weighted by Crippen LogP contribution is -2.27. The first kappa shape index (κ1) is 21.8. The highest BCUT2D eigenvalue weighted by Crippen LogP contribution is 2.42. The van der Waals surface area contributed by atoms with Gasteiger partial charge < -0.3 is 10.2 Å². The maximum Gasteiger partial charge on any atom is 0.238 e. The van der Waals surface area contributed by atoms with Crippen molar-refractivity contribution in [3.8, 4) is 0 Å². The molecule has 2 aromatic rings. The smallest absolute Gasteiger partial charge is 0.238 e.